The largest absolute Gasteiger partial charge is 0.317 e. The third-order valence-corrected chi connectivity index (χ3v) is 4.40. The van der Waals surface area contributed by atoms with Crippen LogP contribution in [0.4, 0.5) is 5.69 Å². The van der Waals surface area contributed by atoms with E-state index in [4.69, 9.17) is 0 Å². The lowest BCUT2D eigenvalue weighted by molar-refractivity contribution is -0.384. The molecule has 128 valence electrons. The number of nitro groups is 1. The van der Waals surface area contributed by atoms with Crippen molar-refractivity contribution >= 4 is 17.3 Å². The smallest absolute Gasteiger partial charge is 0.270 e. The van der Waals surface area contributed by atoms with Gasteiger partial charge in [-0.25, -0.2) is 0 Å². The van der Waals surface area contributed by atoms with E-state index in [-0.39, 0.29) is 5.69 Å². The second kappa shape index (κ2) is 7.08. The van der Waals surface area contributed by atoms with E-state index in [2.05, 4.69) is 26.0 Å². The average Bonchev–Trinajstić information content (AvgIpc) is 3.10. The van der Waals surface area contributed by atoms with Crippen LogP contribution < -0.4 is 0 Å². The molecule has 0 amide bonds. The maximum atomic E-state index is 11.0. The van der Waals surface area contributed by atoms with E-state index >= 15 is 0 Å². The minimum atomic E-state index is -0.461. The highest BCUT2D eigenvalue weighted by atomic mass is 16.6. The summed E-state index contributed by atoms with van der Waals surface area (Å²) in [5, 5.41) is 20.6. The van der Waals surface area contributed by atoms with Crippen LogP contribution in [0.25, 0.3) is 17.3 Å². The van der Waals surface area contributed by atoms with Crippen LogP contribution in [0, 0.1) is 35.3 Å². The minimum absolute atomic E-state index is 0.0337. The number of hydrogen-bond donors (Lipinski definition) is 0. The molecule has 0 aliphatic rings. The van der Waals surface area contributed by atoms with Crippen LogP contribution in [0.2, 0.25) is 0 Å². The fraction of sp³-hybridized carbons (Fsp3) is 0.0952. The van der Waals surface area contributed by atoms with Crippen molar-refractivity contribution in [1.82, 2.24) is 4.57 Å². The van der Waals surface area contributed by atoms with Crippen molar-refractivity contribution in [1.29, 1.82) is 5.26 Å². The molecule has 3 rings (SSSR count). The Morgan fingerprint density at radius 3 is 2.65 bits per heavy atom. The molecule has 5 heteroatoms. The highest BCUT2D eigenvalue weighted by Gasteiger charge is 2.11. The minimum Gasteiger partial charge on any atom is -0.317 e. The average molecular weight is 343 g/mol. The van der Waals surface area contributed by atoms with Gasteiger partial charge in [-0.05, 0) is 54.8 Å². The van der Waals surface area contributed by atoms with Crippen molar-refractivity contribution in [3.8, 4) is 11.8 Å². The molecule has 5 nitrogen and oxygen atoms in total. The van der Waals surface area contributed by atoms with Crippen LogP contribution in [0.1, 0.15) is 22.4 Å². The molecule has 0 aliphatic carbocycles. The Hall–Kier alpha value is -3.65. The summed E-state index contributed by atoms with van der Waals surface area (Å²) in [6.07, 6.45) is 3.69. The highest BCUT2D eigenvalue weighted by Crippen LogP contribution is 2.25. The second-order valence-electron chi connectivity index (χ2n) is 6.00. The summed E-state index contributed by atoms with van der Waals surface area (Å²) in [5.74, 6) is 0. The molecule has 26 heavy (non-hydrogen) atoms. The topological polar surface area (TPSA) is 71.9 Å². The summed E-state index contributed by atoms with van der Waals surface area (Å²) >= 11 is 0. The van der Waals surface area contributed by atoms with E-state index in [0.717, 1.165) is 16.9 Å². The van der Waals surface area contributed by atoms with Crippen LogP contribution >= 0.6 is 0 Å². The predicted molar refractivity (Wildman–Crippen MR) is 102 cm³/mol. The first kappa shape index (κ1) is 17.2. The highest BCUT2D eigenvalue weighted by molar-refractivity contribution is 5.89. The summed E-state index contributed by atoms with van der Waals surface area (Å²) in [5.41, 5.74) is 5.08. The van der Waals surface area contributed by atoms with Gasteiger partial charge in [0.05, 0.1) is 16.6 Å². The van der Waals surface area contributed by atoms with E-state index in [1.165, 1.54) is 17.7 Å². The molecule has 0 N–H and O–H groups in total. The molecule has 0 spiro atoms. The third kappa shape index (κ3) is 3.26. The Morgan fingerprint density at radius 2 is 1.92 bits per heavy atom. The lowest BCUT2D eigenvalue weighted by Crippen LogP contribution is -1.99. The number of benzene rings is 2. The van der Waals surface area contributed by atoms with Gasteiger partial charge in [-0.15, -0.1) is 0 Å². The maximum Gasteiger partial charge on any atom is 0.270 e. The molecule has 0 radical (unpaired) electrons. The zero-order valence-corrected chi connectivity index (χ0v) is 14.5. The number of nitrogens with zero attached hydrogens (tertiary/aromatic N) is 3. The van der Waals surface area contributed by atoms with Crippen LogP contribution in [-0.4, -0.2) is 9.49 Å². The quantitative estimate of drug-likeness (QED) is 0.377. The van der Waals surface area contributed by atoms with E-state index in [1.54, 1.807) is 18.2 Å². The standard InChI is InChI=1S/C21H17N3O2/c1-15-6-3-10-21(16(15)2)23-11-5-9-19(23)13-18(14-22)17-7-4-8-20(12-17)24(25)26/h3-13H,1-2H3/b18-13-. The van der Waals surface area contributed by atoms with Crippen molar-refractivity contribution in [3.05, 3.63) is 93.3 Å². The SMILES string of the molecule is Cc1cccc(-n2cccc2/C=C(/C#N)c2cccc([N+](=O)[O-])c2)c1C. The fourth-order valence-electron chi connectivity index (χ4n) is 2.84. The molecule has 0 atom stereocenters. The Labute approximate surface area is 151 Å². The monoisotopic (exact) mass is 343 g/mol. The van der Waals surface area contributed by atoms with Gasteiger partial charge in [0, 0.05) is 29.7 Å². The summed E-state index contributed by atoms with van der Waals surface area (Å²) in [7, 11) is 0. The third-order valence-electron chi connectivity index (χ3n) is 4.40. The molecule has 2 aromatic carbocycles. The van der Waals surface area contributed by atoms with E-state index in [0.29, 0.717) is 11.1 Å². The summed E-state index contributed by atoms with van der Waals surface area (Å²) < 4.78 is 2.01. The molecule has 0 bridgehead atoms. The predicted octanol–water partition coefficient (Wildman–Crippen LogP) is 5.07. The van der Waals surface area contributed by atoms with Gasteiger partial charge in [0.15, 0.2) is 0 Å². The van der Waals surface area contributed by atoms with E-state index in [1.807, 2.05) is 35.0 Å². The number of rotatable bonds is 4. The second-order valence-corrected chi connectivity index (χ2v) is 6.00. The molecule has 1 heterocycles. The number of aromatic nitrogens is 1. The number of aryl methyl sites for hydroxylation is 1. The van der Waals surface area contributed by atoms with Gasteiger partial charge in [-0.1, -0.05) is 24.3 Å². The molecule has 0 saturated carbocycles. The van der Waals surface area contributed by atoms with Crippen molar-refractivity contribution in [2.24, 2.45) is 0 Å². The van der Waals surface area contributed by atoms with Crippen molar-refractivity contribution in [2.45, 2.75) is 13.8 Å². The lowest BCUT2D eigenvalue weighted by atomic mass is 10.0. The molecule has 1 aromatic heterocycles. The number of nitro benzene ring substituents is 1. The van der Waals surface area contributed by atoms with Crippen molar-refractivity contribution in [2.75, 3.05) is 0 Å². The normalized spacial score (nSPS) is 11.2. The Kier molecular flexibility index (Phi) is 4.68. The number of hydrogen-bond acceptors (Lipinski definition) is 3. The number of nitriles is 1. The first-order valence-corrected chi connectivity index (χ1v) is 8.12. The van der Waals surface area contributed by atoms with Gasteiger partial charge in [0.2, 0.25) is 0 Å². The van der Waals surface area contributed by atoms with Crippen LogP contribution in [0.15, 0.2) is 60.8 Å². The first-order valence-electron chi connectivity index (χ1n) is 8.12. The zero-order valence-electron chi connectivity index (χ0n) is 14.5. The summed E-state index contributed by atoms with van der Waals surface area (Å²) in [4.78, 5) is 10.5. The van der Waals surface area contributed by atoms with Crippen LogP contribution in [0.5, 0.6) is 0 Å². The first-order chi connectivity index (χ1) is 12.5. The van der Waals surface area contributed by atoms with Gasteiger partial charge in [-0.2, -0.15) is 5.26 Å². The van der Waals surface area contributed by atoms with Gasteiger partial charge in [-0.3, -0.25) is 10.1 Å². The van der Waals surface area contributed by atoms with Gasteiger partial charge in [0.1, 0.15) is 0 Å². The molecular weight excluding hydrogens is 326 g/mol. The van der Waals surface area contributed by atoms with E-state index < -0.39 is 4.92 Å². The van der Waals surface area contributed by atoms with Crippen LogP contribution in [-0.2, 0) is 0 Å². The van der Waals surface area contributed by atoms with E-state index in [9.17, 15) is 15.4 Å². The summed E-state index contributed by atoms with van der Waals surface area (Å²) in [6, 6.07) is 18.2. The van der Waals surface area contributed by atoms with Crippen molar-refractivity contribution in [3.63, 3.8) is 0 Å². The van der Waals surface area contributed by atoms with Gasteiger partial charge in [0.25, 0.3) is 5.69 Å². The maximum absolute atomic E-state index is 11.0. The molecule has 0 fully saturated rings. The molecule has 0 saturated heterocycles. The Bertz CT molecular complexity index is 1060. The van der Waals surface area contributed by atoms with Gasteiger partial charge >= 0.3 is 0 Å². The fourth-order valence-corrected chi connectivity index (χ4v) is 2.84. The van der Waals surface area contributed by atoms with Crippen LogP contribution in [0.3, 0.4) is 0 Å². The molecule has 0 unspecified atom stereocenters. The number of allylic oxidation sites excluding steroid dienone is 1. The summed E-state index contributed by atoms with van der Waals surface area (Å²) in [6.45, 7) is 4.12. The molecule has 0 aliphatic heterocycles. The Balaban J connectivity index is 2.09. The van der Waals surface area contributed by atoms with Crippen molar-refractivity contribution < 1.29 is 4.92 Å². The molecular formula is C21H17N3O2. The zero-order chi connectivity index (χ0) is 18.7. The number of non-ortho nitro benzene ring substituents is 1. The Morgan fingerprint density at radius 1 is 1.15 bits per heavy atom. The van der Waals surface area contributed by atoms with Gasteiger partial charge < -0.3 is 4.57 Å². The molecule has 3 aromatic rings. The lowest BCUT2D eigenvalue weighted by Gasteiger charge is -2.12.